The van der Waals surface area contributed by atoms with Gasteiger partial charge in [0.15, 0.2) is 5.82 Å². The maximum atomic E-state index is 14.1. The second-order valence-corrected chi connectivity index (χ2v) is 9.98. The van der Waals surface area contributed by atoms with Crippen molar-refractivity contribution in [2.45, 2.75) is 19.3 Å². The van der Waals surface area contributed by atoms with Crippen LogP contribution in [0.3, 0.4) is 0 Å². The summed E-state index contributed by atoms with van der Waals surface area (Å²) < 4.78 is 35.1. The molecule has 4 aromatic rings. The zero-order valence-electron chi connectivity index (χ0n) is 21.9. The van der Waals surface area contributed by atoms with E-state index in [1.165, 1.54) is 4.57 Å². The molecule has 3 aromatic heterocycles. The number of halogens is 2. The lowest BCUT2D eigenvalue weighted by atomic mass is 10.1. The van der Waals surface area contributed by atoms with Gasteiger partial charge in [0.1, 0.15) is 11.6 Å². The number of pyridine rings is 1. The summed E-state index contributed by atoms with van der Waals surface area (Å²) in [4.78, 5) is 34.5. The van der Waals surface area contributed by atoms with E-state index in [-0.39, 0.29) is 24.1 Å². The molecule has 10 nitrogen and oxygen atoms in total. The molecule has 1 atom stereocenters. The first-order valence-corrected chi connectivity index (χ1v) is 13.4. The number of hydrogen-bond acceptors (Lipinski definition) is 8. The summed E-state index contributed by atoms with van der Waals surface area (Å²) in [5.74, 6) is 1.22. The van der Waals surface area contributed by atoms with E-state index in [2.05, 4.69) is 15.3 Å². The minimum Gasteiger partial charge on any atom is -0.378 e. The molecule has 2 aliphatic rings. The van der Waals surface area contributed by atoms with Crippen LogP contribution in [0.5, 0.6) is 0 Å². The van der Waals surface area contributed by atoms with Gasteiger partial charge >= 0.3 is 0 Å². The minimum atomic E-state index is -2.78. The Labute approximate surface area is 230 Å². The van der Waals surface area contributed by atoms with Crippen LogP contribution in [-0.2, 0) is 16.0 Å². The van der Waals surface area contributed by atoms with Crippen LogP contribution in [0, 0.1) is 5.92 Å². The summed E-state index contributed by atoms with van der Waals surface area (Å²) in [6.45, 7) is 4.18. The third kappa shape index (κ3) is 5.57. The molecule has 5 heterocycles. The Morgan fingerprint density at radius 2 is 1.88 bits per heavy atom. The molecule has 0 aliphatic carbocycles. The van der Waals surface area contributed by atoms with Gasteiger partial charge in [0, 0.05) is 50.7 Å². The van der Waals surface area contributed by atoms with Crippen LogP contribution in [0.4, 0.5) is 20.5 Å². The van der Waals surface area contributed by atoms with Gasteiger partial charge in [-0.1, -0.05) is 18.2 Å². The smallest absolute Gasteiger partial charge is 0.296 e. The zero-order valence-corrected chi connectivity index (χ0v) is 21.9. The first-order chi connectivity index (χ1) is 19.5. The van der Waals surface area contributed by atoms with Crippen molar-refractivity contribution in [3.05, 3.63) is 66.2 Å². The normalized spacial score (nSPS) is 17.6. The Bertz CT molecular complexity index is 1480. The predicted octanol–water partition coefficient (Wildman–Crippen LogP) is 3.49. The van der Waals surface area contributed by atoms with E-state index >= 15 is 0 Å². The van der Waals surface area contributed by atoms with Crippen molar-refractivity contribution in [3.63, 3.8) is 0 Å². The van der Waals surface area contributed by atoms with E-state index in [1.54, 1.807) is 36.5 Å². The van der Waals surface area contributed by atoms with E-state index < -0.39 is 6.43 Å². The van der Waals surface area contributed by atoms with E-state index in [1.807, 2.05) is 28.0 Å². The average Bonchev–Trinajstić information content (AvgIpc) is 3.62. The number of carbonyl (C=O) groups excluding carboxylic acids is 1. The summed E-state index contributed by atoms with van der Waals surface area (Å²) >= 11 is 0. The topological polar surface area (TPSA) is 101 Å². The average molecular weight is 549 g/mol. The largest absolute Gasteiger partial charge is 0.378 e. The molecular weight excluding hydrogens is 518 g/mol. The van der Waals surface area contributed by atoms with Gasteiger partial charge in [-0.05, 0) is 36.6 Å². The minimum absolute atomic E-state index is 0.0617. The number of carbonyl (C=O) groups is 1. The quantitative estimate of drug-likeness (QED) is 0.357. The molecule has 0 radical (unpaired) electrons. The van der Waals surface area contributed by atoms with Gasteiger partial charge in [-0.25, -0.2) is 13.8 Å². The van der Waals surface area contributed by atoms with Crippen LogP contribution >= 0.6 is 0 Å². The first-order valence-electron chi connectivity index (χ1n) is 13.4. The molecule has 6 rings (SSSR count). The highest BCUT2D eigenvalue weighted by atomic mass is 19.3. The van der Waals surface area contributed by atoms with Crippen molar-refractivity contribution in [2.24, 2.45) is 5.92 Å². The number of aromatic nitrogens is 5. The molecule has 40 heavy (non-hydrogen) atoms. The van der Waals surface area contributed by atoms with Crippen LogP contribution < -0.4 is 10.2 Å². The molecule has 0 bridgehead atoms. The number of ether oxygens (including phenoxy) is 1. The number of para-hydroxylation sites is 2. The number of fused-ring (bicyclic) bond motifs is 1. The molecule has 1 N–H and O–H groups in total. The van der Waals surface area contributed by atoms with Crippen LogP contribution in [0.1, 0.15) is 24.4 Å². The number of nitrogens with one attached hydrogen (secondary N) is 1. The summed E-state index contributed by atoms with van der Waals surface area (Å²) in [7, 11) is 0. The van der Waals surface area contributed by atoms with Gasteiger partial charge in [0.2, 0.25) is 11.9 Å². The summed E-state index contributed by atoms with van der Waals surface area (Å²) in [6, 6.07) is 14.3. The van der Waals surface area contributed by atoms with Gasteiger partial charge in [0.05, 0.1) is 30.7 Å². The Morgan fingerprint density at radius 1 is 1.05 bits per heavy atom. The number of amides is 1. The van der Waals surface area contributed by atoms with Crippen LogP contribution in [0.15, 0.2) is 54.7 Å². The molecule has 12 heteroatoms. The van der Waals surface area contributed by atoms with E-state index in [4.69, 9.17) is 14.7 Å². The van der Waals surface area contributed by atoms with Crippen molar-refractivity contribution >= 4 is 28.7 Å². The number of hydrogen-bond donors (Lipinski definition) is 1. The number of likely N-dealkylation sites (tertiary alicyclic amines) is 1. The lowest BCUT2D eigenvalue weighted by Gasteiger charge is -2.27. The third-order valence-corrected chi connectivity index (χ3v) is 7.27. The van der Waals surface area contributed by atoms with Crippen LogP contribution in [0.25, 0.3) is 16.9 Å². The number of benzene rings is 1. The number of alkyl halides is 2. The Morgan fingerprint density at radius 3 is 2.67 bits per heavy atom. The Hall–Kier alpha value is -4.19. The second kappa shape index (κ2) is 11.5. The van der Waals surface area contributed by atoms with E-state index in [0.29, 0.717) is 74.6 Å². The molecule has 1 amide bonds. The van der Waals surface area contributed by atoms with Crippen molar-refractivity contribution < 1.29 is 18.3 Å². The molecular formula is C28H30F2N8O2. The molecule has 208 valence electrons. The van der Waals surface area contributed by atoms with Crippen molar-refractivity contribution in [2.75, 3.05) is 56.2 Å². The highest BCUT2D eigenvalue weighted by Crippen LogP contribution is 2.29. The summed E-state index contributed by atoms with van der Waals surface area (Å²) in [6.07, 6.45) is 0.0531. The van der Waals surface area contributed by atoms with Gasteiger partial charge < -0.3 is 19.9 Å². The fourth-order valence-electron chi connectivity index (χ4n) is 5.21. The molecule has 2 fully saturated rings. The Kier molecular flexibility index (Phi) is 7.49. The van der Waals surface area contributed by atoms with Gasteiger partial charge in [-0.3, -0.25) is 14.3 Å². The number of nitrogens with zero attached hydrogens (tertiary/aromatic N) is 7. The van der Waals surface area contributed by atoms with Gasteiger partial charge in [-0.2, -0.15) is 9.97 Å². The molecule has 1 aromatic carbocycles. The van der Waals surface area contributed by atoms with Gasteiger partial charge in [-0.15, -0.1) is 0 Å². The number of anilines is 2. The third-order valence-electron chi connectivity index (χ3n) is 7.27. The number of morpholine rings is 1. The summed E-state index contributed by atoms with van der Waals surface area (Å²) in [5, 5.41) is 3.39. The molecule has 2 saturated heterocycles. The fraction of sp³-hybridized carbons (Fsp3) is 0.393. The fourth-order valence-corrected chi connectivity index (χ4v) is 5.21. The van der Waals surface area contributed by atoms with Crippen LogP contribution in [0.2, 0.25) is 0 Å². The maximum absolute atomic E-state index is 14.1. The molecule has 0 spiro atoms. The lowest BCUT2D eigenvalue weighted by Crippen LogP contribution is -2.37. The van der Waals surface area contributed by atoms with Crippen molar-refractivity contribution in [1.29, 1.82) is 0 Å². The molecule has 0 unspecified atom stereocenters. The maximum Gasteiger partial charge on any atom is 0.296 e. The molecule has 0 saturated carbocycles. The molecule has 2 aliphatic heterocycles. The monoisotopic (exact) mass is 548 g/mol. The van der Waals surface area contributed by atoms with E-state index in [9.17, 15) is 13.6 Å². The second-order valence-electron chi connectivity index (χ2n) is 9.98. The standard InChI is InChI=1S/C28H30F2N8O2/c29-26(30)27-33-21-6-1-2-7-22(21)38(27)24-16-23(34-28(35-24)36-11-13-40-14-12-36)32-17-19-8-10-37(18-19)25(39)15-20-5-3-4-9-31-20/h1-7,9,16,19,26H,8,10-15,17-18H2,(H,32,34,35)/t19-/m1/s1. The highest BCUT2D eigenvalue weighted by molar-refractivity contribution is 5.79. The van der Waals surface area contributed by atoms with Crippen molar-refractivity contribution in [3.8, 4) is 5.82 Å². The SMILES string of the molecule is O=C(Cc1ccccn1)N1CC[C@H](CNc2cc(-n3c(C(F)F)nc4ccccc43)nc(N3CCOCC3)n2)C1. The Balaban J connectivity index is 1.23. The van der Waals surface area contributed by atoms with Gasteiger partial charge in [0.25, 0.3) is 6.43 Å². The lowest BCUT2D eigenvalue weighted by molar-refractivity contribution is -0.129. The predicted molar refractivity (Wildman–Crippen MR) is 146 cm³/mol. The zero-order chi connectivity index (χ0) is 27.5. The summed E-state index contributed by atoms with van der Waals surface area (Å²) in [5.41, 5.74) is 1.78. The number of rotatable bonds is 8. The van der Waals surface area contributed by atoms with E-state index in [0.717, 1.165) is 12.1 Å². The van der Waals surface area contributed by atoms with Crippen LogP contribution in [-0.4, -0.2) is 81.2 Å². The highest BCUT2D eigenvalue weighted by Gasteiger charge is 2.27. The number of imidazole rings is 1. The first kappa shape index (κ1) is 26.1. The van der Waals surface area contributed by atoms with Crippen molar-refractivity contribution in [1.82, 2.24) is 29.4 Å².